The van der Waals surface area contributed by atoms with Crippen molar-refractivity contribution in [1.82, 2.24) is 20.5 Å². The van der Waals surface area contributed by atoms with Crippen LogP contribution in [0.3, 0.4) is 0 Å². The maximum Gasteiger partial charge on any atom is 0.226 e. The molecule has 6 heteroatoms. The van der Waals surface area contributed by atoms with Gasteiger partial charge < -0.3 is 15.1 Å². The van der Waals surface area contributed by atoms with Crippen molar-refractivity contribution < 1.29 is 4.42 Å². The van der Waals surface area contributed by atoms with E-state index in [4.69, 9.17) is 4.42 Å². The highest BCUT2D eigenvalue weighted by Gasteiger charge is 2.08. The highest BCUT2D eigenvalue weighted by atomic mass is 16.3. The minimum Gasteiger partial charge on any atom is -0.444 e. The summed E-state index contributed by atoms with van der Waals surface area (Å²) in [6, 6.07) is 10.4. The second-order valence-corrected chi connectivity index (χ2v) is 6.08. The molecular formula is C19H29N5O. The number of aromatic nitrogens is 1. The number of benzene rings is 1. The summed E-state index contributed by atoms with van der Waals surface area (Å²) in [7, 11) is 1.77. The summed E-state index contributed by atoms with van der Waals surface area (Å²) in [6.45, 7) is 10.1. The Bertz CT molecular complexity index is 651. The van der Waals surface area contributed by atoms with Crippen LogP contribution in [0.25, 0.3) is 11.5 Å². The van der Waals surface area contributed by atoms with E-state index < -0.39 is 0 Å². The second-order valence-electron chi connectivity index (χ2n) is 6.08. The fourth-order valence-electron chi connectivity index (χ4n) is 2.60. The van der Waals surface area contributed by atoms with Crippen molar-refractivity contribution in [3.8, 4) is 11.5 Å². The monoisotopic (exact) mass is 343 g/mol. The molecule has 1 aromatic heterocycles. The summed E-state index contributed by atoms with van der Waals surface area (Å²) in [4.78, 5) is 11.2. The number of rotatable bonds is 8. The van der Waals surface area contributed by atoms with Gasteiger partial charge in [-0.2, -0.15) is 0 Å². The van der Waals surface area contributed by atoms with E-state index in [-0.39, 0.29) is 0 Å². The molecule has 0 aliphatic carbocycles. The minimum atomic E-state index is 0.549. The lowest BCUT2D eigenvalue weighted by molar-refractivity contribution is 0.237. The number of nitrogens with zero attached hydrogens (tertiary/aromatic N) is 3. The average Bonchev–Trinajstić information content (AvgIpc) is 3.10. The highest BCUT2D eigenvalue weighted by molar-refractivity contribution is 5.79. The number of aliphatic imine (C=N–C) groups is 1. The molecule has 2 rings (SSSR count). The standard InChI is InChI=1S/C19H29N5O/c1-5-24(15(2)3)12-11-21-19(20-4)22-13-17-14-25-18(23-17)16-9-7-6-8-10-16/h6-10,14-15H,5,11-13H2,1-4H3,(H2,20,21,22). The SMILES string of the molecule is CCN(CCNC(=NC)NCc1coc(-c2ccccc2)n1)C(C)C. The molecule has 136 valence electrons. The largest absolute Gasteiger partial charge is 0.444 e. The summed E-state index contributed by atoms with van der Waals surface area (Å²) in [6.07, 6.45) is 1.68. The molecule has 0 bridgehead atoms. The van der Waals surface area contributed by atoms with Crippen molar-refractivity contribution in [3.05, 3.63) is 42.3 Å². The quantitative estimate of drug-likeness (QED) is 0.570. The number of hydrogen-bond donors (Lipinski definition) is 2. The van der Waals surface area contributed by atoms with Crippen LogP contribution in [-0.2, 0) is 6.54 Å². The summed E-state index contributed by atoms with van der Waals surface area (Å²) in [5, 5.41) is 6.61. The van der Waals surface area contributed by atoms with Gasteiger partial charge in [0, 0.05) is 31.7 Å². The zero-order valence-electron chi connectivity index (χ0n) is 15.6. The maximum atomic E-state index is 5.55. The smallest absolute Gasteiger partial charge is 0.226 e. The summed E-state index contributed by atoms with van der Waals surface area (Å²) in [5.74, 6) is 1.40. The molecule has 1 heterocycles. The van der Waals surface area contributed by atoms with Crippen molar-refractivity contribution in [2.24, 2.45) is 4.99 Å². The van der Waals surface area contributed by atoms with Crippen molar-refractivity contribution in [1.29, 1.82) is 0 Å². The molecule has 0 saturated carbocycles. The maximum absolute atomic E-state index is 5.55. The molecular weight excluding hydrogens is 314 g/mol. The van der Waals surface area contributed by atoms with Gasteiger partial charge in [-0.3, -0.25) is 9.89 Å². The normalized spacial score (nSPS) is 12.0. The zero-order valence-corrected chi connectivity index (χ0v) is 15.6. The van der Waals surface area contributed by atoms with E-state index >= 15 is 0 Å². The molecule has 2 aromatic rings. The lowest BCUT2D eigenvalue weighted by Crippen LogP contribution is -2.42. The van der Waals surface area contributed by atoms with Crippen molar-refractivity contribution in [2.75, 3.05) is 26.7 Å². The van der Waals surface area contributed by atoms with Crippen molar-refractivity contribution in [2.45, 2.75) is 33.4 Å². The Hall–Kier alpha value is -2.34. The van der Waals surface area contributed by atoms with Gasteiger partial charge in [-0.05, 0) is 32.5 Å². The van der Waals surface area contributed by atoms with Crippen LogP contribution in [0.1, 0.15) is 26.5 Å². The Kier molecular flexibility index (Phi) is 7.47. The summed E-state index contributed by atoms with van der Waals surface area (Å²) < 4.78 is 5.55. The Morgan fingerprint density at radius 2 is 2.00 bits per heavy atom. The topological polar surface area (TPSA) is 65.7 Å². The van der Waals surface area contributed by atoms with E-state index in [2.05, 4.69) is 46.3 Å². The average molecular weight is 343 g/mol. The Morgan fingerprint density at radius 1 is 1.24 bits per heavy atom. The Balaban J connectivity index is 1.80. The summed E-state index contributed by atoms with van der Waals surface area (Å²) >= 11 is 0. The molecule has 0 radical (unpaired) electrons. The van der Waals surface area contributed by atoms with Gasteiger partial charge in [0.2, 0.25) is 5.89 Å². The molecule has 0 aliphatic heterocycles. The van der Waals surface area contributed by atoms with E-state index in [1.165, 1.54) is 0 Å². The first kappa shape index (κ1) is 19.0. The van der Waals surface area contributed by atoms with Crippen LogP contribution in [0.5, 0.6) is 0 Å². The first-order valence-electron chi connectivity index (χ1n) is 8.82. The van der Waals surface area contributed by atoms with Crippen molar-refractivity contribution >= 4 is 5.96 Å². The van der Waals surface area contributed by atoms with Gasteiger partial charge in [-0.15, -0.1) is 0 Å². The van der Waals surface area contributed by atoms with E-state index in [1.54, 1.807) is 13.3 Å². The minimum absolute atomic E-state index is 0.549. The van der Waals surface area contributed by atoms with E-state index in [1.807, 2.05) is 30.3 Å². The van der Waals surface area contributed by atoms with Crippen LogP contribution in [0, 0.1) is 0 Å². The van der Waals surface area contributed by atoms with Gasteiger partial charge in [0.15, 0.2) is 5.96 Å². The number of nitrogens with one attached hydrogen (secondary N) is 2. The first-order chi connectivity index (χ1) is 12.1. The van der Waals surface area contributed by atoms with Crippen LogP contribution in [0.2, 0.25) is 0 Å². The molecule has 1 aromatic carbocycles. The zero-order chi connectivity index (χ0) is 18.1. The van der Waals surface area contributed by atoms with Gasteiger partial charge >= 0.3 is 0 Å². The first-order valence-corrected chi connectivity index (χ1v) is 8.82. The number of oxazole rings is 1. The summed E-state index contributed by atoms with van der Waals surface area (Å²) in [5.41, 5.74) is 1.82. The molecule has 2 N–H and O–H groups in total. The van der Waals surface area contributed by atoms with Crippen LogP contribution >= 0.6 is 0 Å². The molecule has 0 aliphatic rings. The van der Waals surface area contributed by atoms with Crippen LogP contribution < -0.4 is 10.6 Å². The van der Waals surface area contributed by atoms with Gasteiger partial charge in [-0.25, -0.2) is 4.98 Å². The van der Waals surface area contributed by atoms with Crippen LogP contribution in [0.4, 0.5) is 0 Å². The Morgan fingerprint density at radius 3 is 2.64 bits per heavy atom. The van der Waals surface area contributed by atoms with Crippen LogP contribution in [-0.4, -0.2) is 48.6 Å². The molecule has 0 unspecified atom stereocenters. The second kappa shape index (κ2) is 9.84. The van der Waals surface area contributed by atoms with E-state index in [0.717, 1.165) is 36.9 Å². The number of guanidine groups is 1. The molecule has 6 nitrogen and oxygen atoms in total. The molecule has 0 fully saturated rings. The van der Waals surface area contributed by atoms with Gasteiger partial charge in [-0.1, -0.05) is 25.1 Å². The fraction of sp³-hybridized carbons (Fsp3) is 0.474. The lowest BCUT2D eigenvalue weighted by Gasteiger charge is -2.25. The van der Waals surface area contributed by atoms with Gasteiger partial charge in [0.25, 0.3) is 0 Å². The molecule has 25 heavy (non-hydrogen) atoms. The van der Waals surface area contributed by atoms with Gasteiger partial charge in [0.05, 0.1) is 12.2 Å². The number of hydrogen-bond acceptors (Lipinski definition) is 4. The molecule has 0 spiro atoms. The van der Waals surface area contributed by atoms with Crippen LogP contribution in [0.15, 0.2) is 46.0 Å². The van der Waals surface area contributed by atoms with E-state index in [0.29, 0.717) is 18.5 Å². The molecule has 0 amide bonds. The Labute approximate surface area is 150 Å². The lowest BCUT2D eigenvalue weighted by atomic mass is 10.2. The third-order valence-electron chi connectivity index (χ3n) is 4.06. The third-order valence-corrected chi connectivity index (χ3v) is 4.06. The highest BCUT2D eigenvalue weighted by Crippen LogP contribution is 2.17. The van der Waals surface area contributed by atoms with Gasteiger partial charge in [0.1, 0.15) is 6.26 Å². The third kappa shape index (κ3) is 5.90. The predicted octanol–water partition coefficient (Wildman–Crippen LogP) is 2.74. The van der Waals surface area contributed by atoms with E-state index in [9.17, 15) is 0 Å². The van der Waals surface area contributed by atoms with Crippen molar-refractivity contribution in [3.63, 3.8) is 0 Å². The predicted molar refractivity (Wildman–Crippen MR) is 103 cm³/mol. The number of likely N-dealkylation sites (N-methyl/N-ethyl adjacent to an activating group) is 1. The fourth-order valence-corrected chi connectivity index (χ4v) is 2.60. The molecule has 0 saturated heterocycles. The molecule has 0 atom stereocenters.